The number of rotatable bonds is 7. The van der Waals surface area contributed by atoms with Gasteiger partial charge in [-0.3, -0.25) is 9.89 Å². The maximum Gasteiger partial charge on any atom is 0.191 e. The normalized spacial score (nSPS) is 19.1. The predicted octanol–water partition coefficient (Wildman–Crippen LogP) is 1.91. The van der Waals surface area contributed by atoms with Gasteiger partial charge in [0.2, 0.25) is 0 Å². The summed E-state index contributed by atoms with van der Waals surface area (Å²) in [5, 5.41) is 6.42. The van der Waals surface area contributed by atoms with Gasteiger partial charge in [0.15, 0.2) is 15.8 Å². The first-order valence-electron chi connectivity index (χ1n) is 9.42. The molecule has 0 bridgehead atoms. The molecule has 2 N–H and O–H groups in total. The molecule has 1 aromatic carbocycles. The molecule has 2 rings (SSSR count). The molecule has 1 aromatic rings. The summed E-state index contributed by atoms with van der Waals surface area (Å²) in [6.45, 7) is 5.42. The van der Waals surface area contributed by atoms with E-state index in [2.05, 4.69) is 27.4 Å². The number of hydrogen-bond donors (Lipinski definition) is 2. The van der Waals surface area contributed by atoms with Gasteiger partial charge in [0, 0.05) is 39.0 Å². The SMILES string of the molecule is CN=C(NCCN1CCCCC1C)NCc1cc(F)ccc1CS(C)(=O)=O. The summed E-state index contributed by atoms with van der Waals surface area (Å²) in [6, 6.07) is 4.80. The first-order valence-corrected chi connectivity index (χ1v) is 11.5. The molecule has 1 aliphatic rings. The van der Waals surface area contributed by atoms with E-state index in [9.17, 15) is 12.8 Å². The maximum atomic E-state index is 13.6. The molecule has 0 spiro atoms. The summed E-state index contributed by atoms with van der Waals surface area (Å²) in [5.41, 5.74) is 1.22. The lowest BCUT2D eigenvalue weighted by atomic mass is 10.0. The molecule has 1 unspecified atom stereocenters. The van der Waals surface area contributed by atoms with Crippen molar-refractivity contribution in [3.05, 3.63) is 35.1 Å². The van der Waals surface area contributed by atoms with E-state index in [1.165, 1.54) is 43.7 Å². The lowest BCUT2D eigenvalue weighted by Gasteiger charge is -2.33. The Kier molecular flexibility index (Phi) is 8.04. The van der Waals surface area contributed by atoms with Gasteiger partial charge in [-0.1, -0.05) is 12.5 Å². The Labute approximate surface area is 162 Å². The van der Waals surface area contributed by atoms with E-state index in [4.69, 9.17) is 0 Å². The smallest absolute Gasteiger partial charge is 0.191 e. The van der Waals surface area contributed by atoms with Crippen LogP contribution in [-0.4, -0.2) is 58.3 Å². The average molecular weight is 399 g/mol. The maximum absolute atomic E-state index is 13.6. The van der Waals surface area contributed by atoms with Crippen molar-refractivity contribution >= 4 is 15.8 Å². The summed E-state index contributed by atoms with van der Waals surface area (Å²) < 4.78 is 36.8. The average Bonchev–Trinajstić information content (AvgIpc) is 2.60. The van der Waals surface area contributed by atoms with Crippen molar-refractivity contribution in [2.24, 2.45) is 4.99 Å². The van der Waals surface area contributed by atoms with Crippen molar-refractivity contribution in [3.63, 3.8) is 0 Å². The van der Waals surface area contributed by atoms with Gasteiger partial charge in [-0.2, -0.15) is 0 Å². The number of likely N-dealkylation sites (tertiary alicyclic amines) is 1. The number of hydrogen-bond acceptors (Lipinski definition) is 4. The van der Waals surface area contributed by atoms with Gasteiger partial charge in [-0.15, -0.1) is 0 Å². The second-order valence-electron chi connectivity index (χ2n) is 7.22. The van der Waals surface area contributed by atoms with E-state index >= 15 is 0 Å². The third kappa shape index (κ3) is 7.46. The van der Waals surface area contributed by atoms with Crippen LogP contribution in [0.5, 0.6) is 0 Å². The van der Waals surface area contributed by atoms with E-state index in [1.807, 2.05) is 0 Å². The molecule has 1 aliphatic heterocycles. The van der Waals surface area contributed by atoms with Crippen molar-refractivity contribution in [1.82, 2.24) is 15.5 Å². The molecule has 1 saturated heterocycles. The molecule has 0 aliphatic carbocycles. The summed E-state index contributed by atoms with van der Waals surface area (Å²) in [5.74, 6) is 0.128. The van der Waals surface area contributed by atoms with E-state index in [0.717, 1.165) is 19.6 Å². The molecule has 6 nitrogen and oxygen atoms in total. The fourth-order valence-electron chi connectivity index (χ4n) is 3.39. The number of piperidine rings is 1. The summed E-state index contributed by atoms with van der Waals surface area (Å²) >= 11 is 0. The van der Waals surface area contributed by atoms with Crippen LogP contribution in [0.15, 0.2) is 23.2 Å². The number of sulfone groups is 1. The zero-order chi connectivity index (χ0) is 19.9. The van der Waals surface area contributed by atoms with Gasteiger partial charge in [-0.25, -0.2) is 12.8 Å². The highest BCUT2D eigenvalue weighted by Crippen LogP contribution is 2.16. The van der Waals surface area contributed by atoms with Crippen LogP contribution in [0.4, 0.5) is 4.39 Å². The molecule has 8 heteroatoms. The predicted molar refractivity (Wildman–Crippen MR) is 108 cm³/mol. The van der Waals surface area contributed by atoms with Crippen LogP contribution in [0.1, 0.15) is 37.3 Å². The molecule has 152 valence electrons. The second kappa shape index (κ2) is 10.0. The number of benzene rings is 1. The Hall–Kier alpha value is -1.67. The molecule has 1 heterocycles. The van der Waals surface area contributed by atoms with Crippen molar-refractivity contribution in [1.29, 1.82) is 0 Å². The van der Waals surface area contributed by atoms with E-state index in [1.54, 1.807) is 7.05 Å². The fraction of sp³-hybridized carbons (Fsp3) is 0.632. The van der Waals surface area contributed by atoms with Crippen molar-refractivity contribution in [2.75, 3.05) is 32.9 Å². The highest BCUT2D eigenvalue weighted by molar-refractivity contribution is 7.89. The summed E-state index contributed by atoms with van der Waals surface area (Å²) in [4.78, 5) is 6.67. The zero-order valence-corrected chi connectivity index (χ0v) is 17.3. The van der Waals surface area contributed by atoms with Crippen LogP contribution in [0.25, 0.3) is 0 Å². The Morgan fingerprint density at radius 1 is 1.30 bits per heavy atom. The second-order valence-corrected chi connectivity index (χ2v) is 9.36. The minimum absolute atomic E-state index is 0.108. The highest BCUT2D eigenvalue weighted by atomic mass is 32.2. The van der Waals surface area contributed by atoms with E-state index < -0.39 is 9.84 Å². The Bertz CT molecular complexity index is 752. The van der Waals surface area contributed by atoms with E-state index in [0.29, 0.717) is 29.7 Å². The lowest BCUT2D eigenvalue weighted by molar-refractivity contribution is 0.163. The molecule has 0 radical (unpaired) electrons. The first kappa shape index (κ1) is 21.6. The van der Waals surface area contributed by atoms with Gasteiger partial charge < -0.3 is 10.6 Å². The monoisotopic (exact) mass is 398 g/mol. The molecule has 1 atom stereocenters. The third-order valence-corrected chi connectivity index (χ3v) is 5.72. The molecule has 0 saturated carbocycles. The minimum Gasteiger partial charge on any atom is -0.355 e. The molecule has 0 amide bonds. The molecular formula is C19H31FN4O2S. The van der Waals surface area contributed by atoms with Gasteiger partial charge in [0.1, 0.15) is 5.82 Å². The topological polar surface area (TPSA) is 73.8 Å². The quantitative estimate of drug-likeness (QED) is 0.542. The highest BCUT2D eigenvalue weighted by Gasteiger charge is 2.17. The Morgan fingerprint density at radius 2 is 2.07 bits per heavy atom. The lowest BCUT2D eigenvalue weighted by Crippen LogP contribution is -2.45. The van der Waals surface area contributed by atoms with Gasteiger partial charge in [0.05, 0.1) is 5.75 Å². The third-order valence-electron chi connectivity index (χ3n) is 4.89. The molecule has 27 heavy (non-hydrogen) atoms. The van der Waals surface area contributed by atoms with Crippen LogP contribution in [-0.2, 0) is 22.1 Å². The molecule has 1 fully saturated rings. The minimum atomic E-state index is -3.19. The zero-order valence-electron chi connectivity index (χ0n) is 16.5. The number of halogens is 1. The van der Waals surface area contributed by atoms with Gasteiger partial charge >= 0.3 is 0 Å². The summed E-state index contributed by atoms with van der Waals surface area (Å²) in [6.07, 6.45) is 4.98. The van der Waals surface area contributed by atoms with Gasteiger partial charge in [0.25, 0.3) is 0 Å². The van der Waals surface area contributed by atoms with Crippen LogP contribution >= 0.6 is 0 Å². The summed E-state index contributed by atoms with van der Waals surface area (Å²) in [7, 11) is -1.51. The molecule has 0 aromatic heterocycles. The van der Waals surface area contributed by atoms with Crippen LogP contribution in [0.2, 0.25) is 0 Å². The Morgan fingerprint density at radius 3 is 2.74 bits per heavy atom. The van der Waals surface area contributed by atoms with Crippen LogP contribution < -0.4 is 10.6 Å². The van der Waals surface area contributed by atoms with Gasteiger partial charge in [-0.05, 0) is 49.6 Å². The first-order chi connectivity index (χ1) is 12.8. The fourth-order valence-corrected chi connectivity index (χ4v) is 4.24. The largest absolute Gasteiger partial charge is 0.355 e. The number of aliphatic imine (C=N–C) groups is 1. The molecular weight excluding hydrogens is 367 g/mol. The standard InChI is InChI=1S/C19H31FN4O2S/c1-15-6-4-5-10-24(15)11-9-22-19(21-2)23-13-17-12-18(20)8-7-16(17)14-27(3,25)26/h7-8,12,15H,4-6,9-11,13-14H2,1-3H3,(H2,21,22,23). The van der Waals surface area contributed by atoms with Crippen LogP contribution in [0, 0.1) is 5.82 Å². The number of guanidine groups is 1. The van der Waals surface area contributed by atoms with Crippen LogP contribution in [0.3, 0.4) is 0 Å². The Balaban J connectivity index is 1.89. The van der Waals surface area contributed by atoms with Crippen molar-refractivity contribution in [3.8, 4) is 0 Å². The number of nitrogens with one attached hydrogen (secondary N) is 2. The van der Waals surface area contributed by atoms with Crippen molar-refractivity contribution < 1.29 is 12.8 Å². The van der Waals surface area contributed by atoms with Crippen molar-refractivity contribution in [2.45, 2.75) is 44.5 Å². The number of nitrogens with zero attached hydrogens (tertiary/aromatic N) is 2. The van der Waals surface area contributed by atoms with E-state index in [-0.39, 0.29) is 11.6 Å².